The third-order valence-corrected chi connectivity index (χ3v) is 4.15. The van der Waals surface area contributed by atoms with Crippen LogP contribution in [0, 0.1) is 0 Å². The number of nitrogens with zero attached hydrogens (tertiary/aromatic N) is 2. The molecule has 0 unspecified atom stereocenters. The third-order valence-electron chi connectivity index (χ3n) is 2.78. The van der Waals surface area contributed by atoms with Crippen molar-refractivity contribution < 1.29 is 8.42 Å². The molecule has 1 heterocycles. The van der Waals surface area contributed by atoms with Gasteiger partial charge < -0.3 is 11.1 Å². The molecule has 1 aromatic heterocycles. The lowest BCUT2D eigenvalue weighted by Crippen LogP contribution is -2.08. The van der Waals surface area contributed by atoms with Crippen molar-refractivity contribution >= 4 is 33.1 Å². The van der Waals surface area contributed by atoms with Crippen LogP contribution in [0.3, 0.4) is 0 Å². The van der Waals surface area contributed by atoms with Gasteiger partial charge in [0, 0.05) is 18.3 Å². The Morgan fingerprint density at radius 1 is 1.45 bits per heavy atom. The average Bonchev–Trinajstić information content (AvgIpc) is 2.66. The quantitative estimate of drug-likeness (QED) is 0.895. The SMILES string of the molecule is CNc1nn(Cc2cccc(Cl)c2)c(N)c1S(C)(=O)=O. The molecule has 0 spiro atoms. The van der Waals surface area contributed by atoms with Crippen LogP contribution < -0.4 is 11.1 Å². The Balaban J connectivity index is 2.46. The Morgan fingerprint density at radius 3 is 2.65 bits per heavy atom. The molecule has 0 radical (unpaired) electrons. The van der Waals surface area contributed by atoms with Gasteiger partial charge in [-0.05, 0) is 17.7 Å². The molecule has 0 fully saturated rings. The number of hydrogen-bond acceptors (Lipinski definition) is 5. The van der Waals surface area contributed by atoms with E-state index >= 15 is 0 Å². The maximum absolute atomic E-state index is 11.8. The summed E-state index contributed by atoms with van der Waals surface area (Å²) in [5.74, 6) is 0.351. The lowest BCUT2D eigenvalue weighted by Gasteiger charge is -2.05. The van der Waals surface area contributed by atoms with E-state index in [2.05, 4.69) is 10.4 Å². The minimum atomic E-state index is -3.45. The minimum Gasteiger partial charge on any atom is -0.383 e. The van der Waals surface area contributed by atoms with E-state index in [1.54, 1.807) is 19.2 Å². The van der Waals surface area contributed by atoms with Gasteiger partial charge in [-0.15, -0.1) is 0 Å². The molecule has 20 heavy (non-hydrogen) atoms. The van der Waals surface area contributed by atoms with E-state index < -0.39 is 9.84 Å². The molecule has 0 aliphatic carbocycles. The highest BCUT2D eigenvalue weighted by Gasteiger charge is 2.23. The van der Waals surface area contributed by atoms with Crippen LogP contribution in [0.2, 0.25) is 5.02 Å². The van der Waals surface area contributed by atoms with Gasteiger partial charge in [-0.25, -0.2) is 13.1 Å². The van der Waals surface area contributed by atoms with Gasteiger partial charge in [0.2, 0.25) is 0 Å². The number of rotatable bonds is 4. The highest BCUT2D eigenvalue weighted by atomic mass is 35.5. The van der Waals surface area contributed by atoms with E-state index in [9.17, 15) is 8.42 Å². The summed E-state index contributed by atoms with van der Waals surface area (Å²) in [6.45, 7) is 0.344. The highest BCUT2D eigenvalue weighted by molar-refractivity contribution is 7.91. The summed E-state index contributed by atoms with van der Waals surface area (Å²) in [5, 5.41) is 7.52. The summed E-state index contributed by atoms with van der Waals surface area (Å²) in [5.41, 5.74) is 6.78. The molecular formula is C12H15ClN4O2S. The van der Waals surface area contributed by atoms with Gasteiger partial charge in [-0.1, -0.05) is 23.7 Å². The zero-order valence-corrected chi connectivity index (χ0v) is 12.7. The number of anilines is 2. The highest BCUT2D eigenvalue weighted by Crippen LogP contribution is 2.27. The topological polar surface area (TPSA) is 90.0 Å². The molecule has 0 aliphatic heterocycles. The molecule has 2 rings (SSSR count). The fourth-order valence-electron chi connectivity index (χ4n) is 1.92. The van der Waals surface area contributed by atoms with Crippen molar-refractivity contribution in [3.63, 3.8) is 0 Å². The second-order valence-electron chi connectivity index (χ2n) is 4.37. The van der Waals surface area contributed by atoms with Crippen LogP contribution in [0.4, 0.5) is 11.6 Å². The smallest absolute Gasteiger partial charge is 0.182 e. The predicted molar refractivity (Wildman–Crippen MR) is 79.8 cm³/mol. The van der Waals surface area contributed by atoms with Crippen LogP contribution in [0.15, 0.2) is 29.2 Å². The first kappa shape index (κ1) is 14.7. The van der Waals surface area contributed by atoms with E-state index in [0.29, 0.717) is 11.6 Å². The Bertz CT molecular complexity index is 740. The van der Waals surface area contributed by atoms with Gasteiger partial charge in [0.15, 0.2) is 20.6 Å². The van der Waals surface area contributed by atoms with Gasteiger partial charge in [-0.3, -0.25) is 0 Å². The number of nitrogens with one attached hydrogen (secondary N) is 1. The average molecular weight is 315 g/mol. The third kappa shape index (κ3) is 2.88. The second-order valence-corrected chi connectivity index (χ2v) is 6.76. The van der Waals surface area contributed by atoms with Crippen LogP contribution >= 0.6 is 11.6 Å². The summed E-state index contributed by atoms with van der Waals surface area (Å²) < 4.78 is 25.0. The fourth-order valence-corrected chi connectivity index (χ4v) is 3.11. The monoisotopic (exact) mass is 314 g/mol. The molecule has 108 valence electrons. The lowest BCUT2D eigenvalue weighted by atomic mass is 10.2. The summed E-state index contributed by atoms with van der Waals surface area (Å²) >= 11 is 5.92. The first-order valence-electron chi connectivity index (χ1n) is 5.81. The van der Waals surface area contributed by atoms with Crippen LogP contribution in [0.25, 0.3) is 0 Å². The molecule has 1 aromatic carbocycles. The Hall–Kier alpha value is -1.73. The van der Waals surface area contributed by atoms with E-state index in [1.807, 2.05) is 12.1 Å². The molecule has 0 atom stereocenters. The van der Waals surface area contributed by atoms with Crippen LogP contribution in [-0.4, -0.2) is 31.5 Å². The van der Waals surface area contributed by atoms with Gasteiger partial charge in [0.05, 0.1) is 6.54 Å². The Kier molecular flexibility index (Phi) is 3.92. The zero-order valence-electron chi connectivity index (χ0n) is 11.1. The normalized spacial score (nSPS) is 11.6. The van der Waals surface area contributed by atoms with Crippen LogP contribution in [0.1, 0.15) is 5.56 Å². The van der Waals surface area contributed by atoms with Gasteiger partial charge >= 0.3 is 0 Å². The molecule has 0 saturated carbocycles. The van der Waals surface area contributed by atoms with Crippen molar-refractivity contribution in [2.24, 2.45) is 0 Å². The number of nitrogen functional groups attached to an aromatic ring is 1. The lowest BCUT2D eigenvalue weighted by molar-refractivity contribution is 0.602. The van der Waals surface area contributed by atoms with Gasteiger partial charge in [-0.2, -0.15) is 5.10 Å². The summed E-state index contributed by atoms with van der Waals surface area (Å²) in [4.78, 5) is 0.0158. The van der Waals surface area contributed by atoms with Crippen molar-refractivity contribution in [3.05, 3.63) is 34.9 Å². The number of benzene rings is 1. The zero-order chi connectivity index (χ0) is 14.9. The first-order valence-corrected chi connectivity index (χ1v) is 8.08. The second kappa shape index (κ2) is 5.34. The number of nitrogens with two attached hydrogens (primary N) is 1. The van der Waals surface area contributed by atoms with E-state index in [0.717, 1.165) is 11.8 Å². The van der Waals surface area contributed by atoms with E-state index in [1.165, 1.54) is 4.68 Å². The number of aromatic nitrogens is 2. The molecule has 0 amide bonds. The van der Waals surface area contributed by atoms with Crippen LogP contribution in [-0.2, 0) is 16.4 Å². The molecule has 8 heteroatoms. The predicted octanol–water partition coefficient (Wildman–Crippen LogP) is 1.61. The Morgan fingerprint density at radius 2 is 2.15 bits per heavy atom. The number of sulfone groups is 1. The maximum atomic E-state index is 11.8. The Labute approximate surface area is 122 Å². The number of hydrogen-bond donors (Lipinski definition) is 2. The van der Waals surface area contributed by atoms with Crippen molar-refractivity contribution in [3.8, 4) is 0 Å². The number of halogens is 1. The summed E-state index contributed by atoms with van der Waals surface area (Å²) in [6.07, 6.45) is 1.10. The molecule has 0 bridgehead atoms. The molecule has 2 aromatic rings. The molecule has 3 N–H and O–H groups in total. The van der Waals surface area contributed by atoms with Gasteiger partial charge in [0.25, 0.3) is 0 Å². The van der Waals surface area contributed by atoms with E-state index in [-0.39, 0.29) is 16.5 Å². The van der Waals surface area contributed by atoms with Crippen molar-refractivity contribution in [2.45, 2.75) is 11.4 Å². The maximum Gasteiger partial charge on any atom is 0.182 e. The summed E-state index contributed by atoms with van der Waals surface area (Å²) in [7, 11) is -1.86. The van der Waals surface area contributed by atoms with Crippen LogP contribution in [0.5, 0.6) is 0 Å². The molecule has 0 saturated heterocycles. The van der Waals surface area contributed by atoms with Crippen molar-refractivity contribution in [2.75, 3.05) is 24.4 Å². The van der Waals surface area contributed by atoms with Gasteiger partial charge in [0.1, 0.15) is 5.82 Å². The standard InChI is InChI=1S/C12H15ClN4O2S/c1-15-12-10(20(2,18)19)11(14)17(16-12)7-8-4-3-5-9(13)6-8/h3-6H,7,14H2,1-2H3,(H,15,16). The first-order chi connectivity index (χ1) is 9.32. The molecule has 0 aliphatic rings. The minimum absolute atomic E-state index is 0.0158. The molecule has 6 nitrogen and oxygen atoms in total. The fraction of sp³-hybridized carbons (Fsp3) is 0.250. The van der Waals surface area contributed by atoms with Crippen molar-refractivity contribution in [1.82, 2.24) is 9.78 Å². The summed E-state index contributed by atoms with van der Waals surface area (Å²) in [6, 6.07) is 7.22. The van der Waals surface area contributed by atoms with E-state index in [4.69, 9.17) is 17.3 Å². The molecular weight excluding hydrogens is 300 g/mol. The largest absolute Gasteiger partial charge is 0.383 e. The van der Waals surface area contributed by atoms with Crippen molar-refractivity contribution in [1.29, 1.82) is 0 Å².